The molecule has 1 aliphatic carbocycles. The van der Waals surface area contributed by atoms with Gasteiger partial charge in [0, 0.05) is 6.07 Å². The maximum atomic E-state index is 11.7. The van der Waals surface area contributed by atoms with Gasteiger partial charge < -0.3 is 4.74 Å². The fourth-order valence-corrected chi connectivity index (χ4v) is 2.49. The first kappa shape index (κ1) is 12.7. The molecule has 0 spiro atoms. The van der Waals surface area contributed by atoms with E-state index in [1.165, 1.54) is 6.07 Å². The summed E-state index contributed by atoms with van der Waals surface area (Å²) >= 11 is 9.11. The largest absolute Gasteiger partial charge is 0.433 e. The minimum absolute atomic E-state index is 0.00167. The average Bonchev–Trinajstić information content (AvgIpc) is 3.19. The van der Waals surface area contributed by atoms with E-state index in [-0.39, 0.29) is 16.5 Å². The number of rotatable bonds is 3. The number of hydrogen-bond acceptors (Lipinski definition) is 3. The summed E-state index contributed by atoms with van der Waals surface area (Å²) in [6.45, 7) is 0. The van der Waals surface area contributed by atoms with Gasteiger partial charge >= 0.3 is 0 Å². The monoisotopic (exact) mass is 340 g/mol. The fraction of sp³-hybridized carbons (Fsp3) is 0.231. The number of para-hydroxylation sites is 1. The van der Waals surface area contributed by atoms with Crippen LogP contribution in [0, 0.1) is 0 Å². The van der Waals surface area contributed by atoms with Crippen LogP contribution in [0.1, 0.15) is 24.3 Å². The fourth-order valence-electron chi connectivity index (χ4n) is 1.89. The summed E-state index contributed by atoms with van der Waals surface area (Å²) in [5.41, 5.74) is 0.756. The smallest absolute Gasteiger partial charge is 0.285 e. The standard InChI is InChI=1S/C13H10BrClN2O2/c14-9-3-1-2-8(7-4-5-7)12(9)19-13-10(18)6-11(15)16-17-13/h1-3,6-7H,4-5H2,(H,16,18). The van der Waals surface area contributed by atoms with Crippen molar-refractivity contribution in [1.29, 1.82) is 0 Å². The van der Waals surface area contributed by atoms with Crippen molar-refractivity contribution in [3.05, 3.63) is 49.7 Å². The Kier molecular flexibility index (Phi) is 3.33. The summed E-state index contributed by atoms with van der Waals surface area (Å²) in [4.78, 5) is 11.7. The van der Waals surface area contributed by atoms with Crippen LogP contribution in [0.5, 0.6) is 11.6 Å². The summed E-state index contributed by atoms with van der Waals surface area (Å²) in [6, 6.07) is 7.11. The number of nitrogens with zero attached hydrogens (tertiary/aromatic N) is 1. The van der Waals surface area contributed by atoms with E-state index in [0.29, 0.717) is 11.7 Å². The molecule has 1 aromatic carbocycles. The number of aromatic nitrogens is 2. The molecule has 2 aromatic rings. The molecule has 0 aliphatic heterocycles. The highest BCUT2D eigenvalue weighted by atomic mass is 79.9. The SMILES string of the molecule is O=c1cc(Cl)[nH]nc1Oc1c(Br)cccc1C1CC1. The zero-order chi connectivity index (χ0) is 13.4. The Morgan fingerprint density at radius 1 is 1.42 bits per heavy atom. The lowest BCUT2D eigenvalue weighted by molar-refractivity contribution is 0.442. The molecular formula is C13H10BrClN2O2. The molecule has 0 bridgehead atoms. The first-order valence-corrected chi connectivity index (χ1v) is 7.04. The molecular weight excluding hydrogens is 332 g/mol. The summed E-state index contributed by atoms with van der Waals surface area (Å²) in [5, 5.41) is 6.53. The van der Waals surface area contributed by atoms with E-state index >= 15 is 0 Å². The van der Waals surface area contributed by atoms with Crippen molar-refractivity contribution in [3.8, 4) is 11.6 Å². The van der Waals surface area contributed by atoms with Crippen LogP contribution in [-0.4, -0.2) is 10.2 Å². The molecule has 6 heteroatoms. The van der Waals surface area contributed by atoms with Crippen molar-refractivity contribution in [2.75, 3.05) is 0 Å². The van der Waals surface area contributed by atoms with Gasteiger partial charge in [-0.2, -0.15) is 0 Å². The molecule has 1 aliphatic rings. The van der Waals surface area contributed by atoms with Crippen molar-refractivity contribution in [1.82, 2.24) is 10.2 Å². The molecule has 1 saturated carbocycles. The van der Waals surface area contributed by atoms with Crippen LogP contribution in [-0.2, 0) is 0 Å². The number of halogens is 2. The van der Waals surface area contributed by atoms with Crippen LogP contribution in [0.4, 0.5) is 0 Å². The maximum absolute atomic E-state index is 11.7. The average molecular weight is 342 g/mol. The number of hydrogen-bond donors (Lipinski definition) is 1. The van der Waals surface area contributed by atoms with Crippen LogP contribution >= 0.6 is 27.5 Å². The minimum atomic E-state index is -0.346. The Balaban J connectivity index is 2.01. The van der Waals surface area contributed by atoms with Gasteiger partial charge in [-0.25, -0.2) is 0 Å². The van der Waals surface area contributed by atoms with Crippen molar-refractivity contribution < 1.29 is 4.74 Å². The molecule has 1 N–H and O–H groups in total. The zero-order valence-corrected chi connectivity index (χ0v) is 12.2. The molecule has 0 saturated heterocycles. The molecule has 98 valence electrons. The molecule has 0 atom stereocenters. The van der Waals surface area contributed by atoms with Crippen molar-refractivity contribution in [3.63, 3.8) is 0 Å². The number of aromatic amines is 1. The molecule has 4 nitrogen and oxygen atoms in total. The predicted molar refractivity (Wildman–Crippen MR) is 76.1 cm³/mol. The Morgan fingerprint density at radius 3 is 2.89 bits per heavy atom. The lowest BCUT2D eigenvalue weighted by atomic mass is 10.1. The zero-order valence-electron chi connectivity index (χ0n) is 9.82. The van der Waals surface area contributed by atoms with Gasteiger partial charge in [-0.1, -0.05) is 23.7 Å². The van der Waals surface area contributed by atoms with E-state index in [0.717, 1.165) is 22.9 Å². The van der Waals surface area contributed by atoms with Crippen LogP contribution in [0.3, 0.4) is 0 Å². The number of nitrogens with one attached hydrogen (secondary N) is 1. The molecule has 19 heavy (non-hydrogen) atoms. The third kappa shape index (κ3) is 2.67. The maximum Gasteiger partial charge on any atom is 0.285 e. The van der Waals surface area contributed by atoms with Gasteiger partial charge in [0.1, 0.15) is 10.9 Å². The van der Waals surface area contributed by atoms with Crippen LogP contribution in [0.25, 0.3) is 0 Å². The second kappa shape index (κ2) is 4.98. The van der Waals surface area contributed by atoms with E-state index < -0.39 is 0 Å². The Labute approximate surface area is 122 Å². The van der Waals surface area contributed by atoms with Crippen LogP contribution < -0.4 is 10.2 Å². The number of H-pyrrole nitrogens is 1. The molecule has 1 aromatic heterocycles. The van der Waals surface area contributed by atoms with Crippen LogP contribution in [0.2, 0.25) is 5.15 Å². The summed E-state index contributed by atoms with van der Waals surface area (Å²) in [7, 11) is 0. The van der Waals surface area contributed by atoms with Gasteiger partial charge in [0.2, 0.25) is 5.43 Å². The third-order valence-electron chi connectivity index (χ3n) is 2.95. The van der Waals surface area contributed by atoms with E-state index in [1.807, 2.05) is 18.2 Å². The Hall–Kier alpha value is -1.33. The Morgan fingerprint density at radius 2 is 2.21 bits per heavy atom. The van der Waals surface area contributed by atoms with Gasteiger partial charge in [-0.3, -0.25) is 9.89 Å². The first-order valence-electron chi connectivity index (χ1n) is 5.86. The highest BCUT2D eigenvalue weighted by Crippen LogP contribution is 2.47. The lowest BCUT2D eigenvalue weighted by Gasteiger charge is -2.11. The van der Waals surface area contributed by atoms with Gasteiger partial charge in [-0.05, 0) is 46.3 Å². The second-order valence-corrected chi connectivity index (χ2v) is 5.68. The summed E-state index contributed by atoms with van der Waals surface area (Å²) in [5.74, 6) is 1.17. The molecule has 1 heterocycles. The minimum Gasteiger partial charge on any atom is -0.433 e. The van der Waals surface area contributed by atoms with E-state index in [1.54, 1.807) is 0 Å². The quantitative estimate of drug-likeness (QED) is 0.922. The Bertz CT molecular complexity index is 683. The highest BCUT2D eigenvalue weighted by molar-refractivity contribution is 9.10. The number of ether oxygens (including phenoxy) is 1. The third-order valence-corrected chi connectivity index (χ3v) is 3.76. The van der Waals surface area contributed by atoms with Gasteiger partial charge in [0.15, 0.2) is 0 Å². The first-order chi connectivity index (χ1) is 9.15. The highest BCUT2D eigenvalue weighted by Gasteiger charge is 2.28. The van der Waals surface area contributed by atoms with E-state index in [4.69, 9.17) is 16.3 Å². The summed E-state index contributed by atoms with van der Waals surface area (Å²) < 4.78 is 6.48. The number of benzene rings is 1. The molecule has 0 unspecified atom stereocenters. The molecule has 3 rings (SSSR count). The van der Waals surface area contributed by atoms with Gasteiger partial charge in [-0.15, -0.1) is 5.10 Å². The molecule has 0 radical (unpaired) electrons. The van der Waals surface area contributed by atoms with Crippen LogP contribution in [0.15, 0.2) is 33.5 Å². The molecule has 1 fully saturated rings. The van der Waals surface area contributed by atoms with Crippen molar-refractivity contribution >= 4 is 27.5 Å². The second-order valence-electron chi connectivity index (χ2n) is 4.42. The normalized spacial score (nSPS) is 14.4. The summed E-state index contributed by atoms with van der Waals surface area (Å²) in [6.07, 6.45) is 2.30. The van der Waals surface area contributed by atoms with E-state index in [9.17, 15) is 4.79 Å². The lowest BCUT2D eigenvalue weighted by Crippen LogP contribution is -2.08. The molecule has 0 amide bonds. The van der Waals surface area contributed by atoms with Gasteiger partial charge in [0.25, 0.3) is 5.88 Å². The van der Waals surface area contributed by atoms with E-state index in [2.05, 4.69) is 26.1 Å². The topological polar surface area (TPSA) is 55.0 Å². The van der Waals surface area contributed by atoms with Crippen molar-refractivity contribution in [2.24, 2.45) is 0 Å². The predicted octanol–water partition coefficient (Wildman–Crippen LogP) is 3.86. The van der Waals surface area contributed by atoms with Gasteiger partial charge in [0.05, 0.1) is 4.47 Å². The van der Waals surface area contributed by atoms with Crippen molar-refractivity contribution in [2.45, 2.75) is 18.8 Å².